The number of hydrogen-bond acceptors (Lipinski definition) is 2. The fourth-order valence-electron chi connectivity index (χ4n) is 1.99. The molecule has 0 aromatic carbocycles. The first-order valence-corrected chi connectivity index (χ1v) is 3.70. The molecule has 0 saturated heterocycles. The summed E-state index contributed by atoms with van der Waals surface area (Å²) in [6, 6.07) is 2.19. The number of carbonyl (C=O) groups excluding carboxylic acids is 1. The van der Waals surface area contributed by atoms with Gasteiger partial charge in [0.25, 0.3) is 0 Å². The second-order valence-corrected chi connectivity index (χ2v) is 3.44. The van der Waals surface area contributed by atoms with E-state index in [1.54, 1.807) is 0 Å². The average Bonchev–Trinajstić information content (AvgIpc) is 1.83. The minimum Gasteiger partial charge on any atom is -0.299 e. The predicted molar refractivity (Wildman–Crippen MR) is 35.0 cm³/mol. The Morgan fingerprint density at radius 2 is 2.30 bits per heavy atom. The summed E-state index contributed by atoms with van der Waals surface area (Å²) < 4.78 is 0. The summed E-state index contributed by atoms with van der Waals surface area (Å²) in [4.78, 5) is 11.0. The fraction of sp³-hybridized carbons (Fsp3) is 0.750. The normalized spacial score (nSPS) is 43.9. The number of ketones is 1. The van der Waals surface area contributed by atoms with Crippen molar-refractivity contribution in [3.8, 4) is 6.07 Å². The highest BCUT2D eigenvalue weighted by Gasteiger charge is 2.54. The van der Waals surface area contributed by atoms with E-state index in [0.29, 0.717) is 5.78 Å². The second kappa shape index (κ2) is 1.60. The van der Waals surface area contributed by atoms with Crippen LogP contribution in [0.25, 0.3) is 0 Å². The van der Waals surface area contributed by atoms with E-state index in [4.69, 9.17) is 5.26 Å². The van der Waals surface area contributed by atoms with Gasteiger partial charge in [0.2, 0.25) is 0 Å². The standard InChI is InChI=1S/C8H9NO/c9-5-6-3-8(4-6)2-1-7(8)10/h6H,1-4H2. The Kier molecular flexibility index (Phi) is 0.947. The van der Waals surface area contributed by atoms with Gasteiger partial charge in [0.1, 0.15) is 5.78 Å². The topological polar surface area (TPSA) is 40.9 Å². The van der Waals surface area contributed by atoms with Crippen LogP contribution in [0.2, 0.25) is 0 Å². The molecule has 2 rings (SSSR count). The van der Waals surface area contributed by atoms with Crippen LogP contribution in [0.1, 0.15) is 25.7 Å². The largest absolute Gasteiger partial charge is 0.299 e. The maximum Gasteiger partial charge on any atom is 0.139 e. The minimum atomic E-state index is 0.0143. The van der Waals surface area contributed by atoms with Crippen molar-refractivity contribution < 1.29 is 4.79 Å². The van der Waals surface area contributed by atoms with Crippen molar-refractivity contribution in [3.63, 3.8) is 0 Å². The van der Waals surface area contributed by atoms with Gasteiger partial charge >= 0.3 is 0 Å². The first-order valence-electron chi connectivity index (χ1n) is 3.70. The molecule has 2 nitrogen and oxygen atoms in total. The van der Waals surface area contributed by atoms with E-state index in [1.807, 2.05) is 0 Å². The Balaban J connectivity index is 2.01. The lowest BCUT2D eigenvalue weighted by atomic mass is 9.51. The monoisotopic (exact) mass is 135 g/mol. The first-order chi connectivity index (χ1) is 4.77. The zero-order chi connectivity index (χ0) is 7.19. The van der Waals surface area contributed by atoms with E-state index in [-0.39, 0.29) is 11.3 Å². The van der Waals surface area contributed by atoms with Gasteiger partial charge in [-0.05, 0) is 19.3 Å². The van der Waals surface area contributed by atoms with Crippen LogP contribution in [0, 0.1) is 22.7 Å². The van der Waals surface area contributed by atoms with Gasteiger partial charge in [-0.15, -0.1) is 0 Å². The van der Waals surface area contributed by atoms with Crippen LogP contribution < -0.4 is 0 Å². The molecule has 0 N–H and O–H groups in total. The minimum absolute atomic E-state index is 0.0143. The van der Waals surface area contributed by atoms with Crippen LogP contribution in [0.4, 0.5) is 0 Å². The van der Waals surface area contributed by atoms with Gasteiger partial charge in [0.15, 0.2) is 0 Å². The molecule has 2 aliphatic carbocycles. The van der Waals surface area contributed by atoms with Crippen LogP contribution in [-0.2, 0) is 4.79 Å². The molecule has 2 heteroatoms. The summed E-state index contributed by atoms with van der Waals surface area (Å²) in [5.41, 5.74) is 0.0143. The highest BCUT2D eigenvalue weighted by molar-refractivity contribution is 5.91. The maximum absolute atomic E-state index is 11.0. The smallest absolute Gasteiger partial charge is 0.139 e. The van der Waals surface area contributed by atoms with Crippen molar-refractivity contribution in [1.82, 2.24) is 0 Å². The SMILES string of the molecule is N#CC1CC2(CCC2=O)C1. The van der Waals surface area contributed by atoms with Crippen molar-refractivity contribution >= 4 is 5.78 Å². The zero-order valence-corrected chi connectivity index (χ0v) is 5.76. The molecule has 0 amide bonds. The lowest BCUT2D eigenvalue weighted by molar-refractivity contribution is -0.147. The van der Waals surface area contributed by atoms with Crippen molar-refractivity contribution in [2.45, 2.75) is 25.7 Å². The molecule has 1 spiro atoms. The van der Waals surface area contributed by atoms with E-state index >= 15 is 0 Å². The Labute approximate surface area is 59.8 Å². The molecule has 52 valence electrons. The zero-order valence-electron chi connectivity index (χ0n) is 5.76. The summed E-state index contributed by atoms with van der Waals surface area (Å²) in [5, 5.41) is 8.46. The van der Waals surface area contributed by atoms with E-state index in [9.17, 15) is 4.79 Å². The molecule has 0 bridgehead atoms. The molecular formula is C8H9NO. The highest BCUT2D eigenvalue weighted by Crippen LogP contribution is 2.55. The number of Topliss-reactive ketones (excluding diaryl/α,β-unsaturated/α-hetero) is 1. The van der Waals surface area contributed by atoms with E-state index in [0.717, 1.165) is 25.7 Å². The van der Waals surface area contributed by atoms with Gasteiger partial charge in [-0.1, -0.05) is 0 Å². The third-order valence-corrected chi connectivity index (χ3v) is 2.88. The van der Waals surface area contributed by atoms with Crippen molar-refractivity contribution in [3.05, 3.63) is 0 Å². The Hall–Kier alpha value is -0.840. The molecule has 2 aliphatic rings. The molecule has 2 fully saturated rings. The van der Waals surface area contributed by atoms with Gasteiger partial charge < -0.3 is 0 Å². The second-order valence-electron chi connectivity index (χ2n) is 3.44. The third kappa shape index (κ3) is 0.507. The molecule has 0 aromatic heterocycles. The van der Waals surface area contributed by atoms with Crippen LogP contribution in [0.15, 0.2) is 0 Å². The van der Waals surface area contributed by atoms with Crippen molar-refractivity contribution in [1.29, 1.82) is 5.26 Å². The quantitative estimate of drug-likeness (QED) is 0.502. The average molecular weight is 135 g/mol. The van der Waals surface area contributed by atoms with E-state index in [1.165, 1.54) is 0 Å². The molecule has 2 saturated carbocycles. The van der Waals surface area contributed by atoms with Gasteiger partial charge in [-0.2, -0.15) is 5.26 Å². The summed E-state index contributed by atoms with van der Waals surface area (Å²) in [6.45, 7) is 0. The molecule has 10 heavy (non-hydrogen) atoms. The molecule has 0 aromatic rings. The number of nitriles is 1. The third-order valence-electron chi connectivity index (χ3n) is 2.88. The van der Waals surface area contributed by atoms with Gasteiger partial charge in [-0.3, -0.25) is 4.79 Å². The summed E-state index contributed by atoms with van der Waals surface area (Å²) in [6.07, 6.45) is 3.51. The van der Waals surface area contributed by atoms with Gasteiger partial charge in [0, 0.05) is 17.8 Å². The van der Waals surface area contributed by atoms with E-state index in [2.05, 4.69) is 6.07 Å². The lowest BCUT2D eigenvalue weighted by Gasteiger charge is -2.49. The molecule has 0 aliphatic heterocycles. The fourth-order valence-corrected chi connectivity index (χ4v) is 1.99. The Morgan fingerprint density at radius 3 is 2.60 bits per heavy atom. The van der Waals surface area contributed by atoms with Crippen molar-refractivity contribution in [2.24, 2.45) is 11.3 Å². The first kappa shape index (κ1) is 5.91. The van der Waals surface area contributed by atoms with Crippen LogP contribution in [0.3, 0.4) is 0 Å². The Bertz CT molecular complexity index is 220. The number of rotatable bonds is 0. The lowest BCUT2D eigenvalue weighted by Crippen LogP contribution is -2.50. The molecule has 0 atom stereocenters. The van der Waals surface area contributed by atoms with Crippen LogP contribution in [0.5, 0.6) is 0 Å². The molecule has 0 unspecified atom stereocenters. The number of carbonyl (C=O) groups is 1. The molecule has 0 heterocycles. The molecule has 0 radical (unpaired) electrons. The van der Waals surface area contributed by atoms with Gasteiger partial charge in [-0.25, -0.2) is 0 Å². The van der Waals surface area contributed by atoms with Crippen LogP contribution >= 0.6 is 0 Å². The maximum atomic E-state index is 11.0. The Morgan fingerprint density at radius 1 is 1.60 bits per heavy atom. The predicted octanol–water partition coefficient (Wildman–Crippen LogP) is 1.27. The highest BCUT2D eigenvalue weighted by atomic mass is 16.1. The molecular weight excluding hydrogens is 126 g/mol. The van der Waals surface area contributed by atoms with Crippen LogP contribution in [-0.4, -0.2) is 5.78 Å². The van der Waals surface area contributed by atoms with E-state index < -0.39 is 0 Å². The summed E-state index contributed by atoms with van der Waals surface area (Å²) in [5.74, 6) is 0.586. The summed E-state index contributed by atoms with van der Waals surface area (Å²) >= 11 is 0. The number of hydrogen-bond donors (Lipinski definition) is 0. The summed E-state index contributed by atoms with van der Waals surface area (Å²) in [7, 11) is 0. The van der Waals surface area contributed by atoms with Gasteiger partial charge in [0.05, 0.1) is 6.07 Å². The van der Waals surface area contributed by atoms with Crippen molar-refractivity contribution in [2.75, 3.05) is 0 Å². The number of nitrogens with zero attached hydrogens (tertiary/aromatic N) is 1.